The maximum atomic E-state index is 13.4. The lowest BCUT2D eigenvalue weighted by atomic mass is 10.1. The number of amides is 2. The lowest BCUT2D eigenvalue weighted by molar-refractivity contribution is -0.480. The maximum Gasteiger partial charge on any atom is 0.335 e. The topological polar surface area (TPSA) is 69.5 Å². The number of hydrogen-bond donors (Lipinski definition) is 1. The largest absolute Gasteiger partial charge is 0.342 e. The molecule has 8 heteroatoms. The number of carbonyl (C=O) groups excluding carboxylic acids is 2. The zero-order valence-electron chi connectivity index (χ0n) is 14.1. The Kier molecular flexibility index (Phi) is 4.14. The zero-order valence-corrected chi connectivity index (χ0v) is 14.9. The molecule has 1 N–H and O–H groups in total. The standard InChI is InChI=1S/C18H16FN3O3S/c1-10(23)21-7-6-12(9-21)17(24)20-18-22(25)15-5-2-11-8-13(19)3-4-14(11)16(15)26-18/h2-5,8,12,18H,6-7,9H2,1H3/p+1/t12-,18?/m0/s1. The molecule has 0 aliphatic carbocycles. The van der Waals surface area contributed by atoms with Crippen molar-refractivity contribution in [3.63, 3.8) is 0 Å². The van der Waals surface area contributed by atoms with Crippen molar-refractivity contribution < 1.29 is 18.7 Å². The molecule has 2 aliphatic rings. The van der Waals surface area contributed by atoms with E-state index in [1.807, 2.05) is 0 Å². The van der Waals surface area contributed by atoms with Crippen LogP contribution in [0.2, 0.25) is 0 Å². The van der Waals surface area contributed by atoms with Gasteiger partial charge in [-0.2, -0.15) is 0 Å². The number of nitroso groups, excluding NO2 is 1. The summed E-state index contributed by atoms with van der Waals surface area (Å²) >= 11 is 1.25. The molecule has 0 radical (unpaired) electrons. The smallest absolute Gasteiger partial charge is 0.335 e. The van der Waals surface area contributed by atoms with E-state index < -0.39 is 5.50 Å². The molecule has 0 spiro atoms. The first kappa shape index (κ1) is 17.0. The number of rotatable bonds is 2. The number of hydrogen-bond acceptors (Lipinski definition) is 4. The van der Waals surface area contributed by atoms with E-state index in [0.717, 1.165) is 15.0 Å². The Hall–Kier alpha value is -2.48. The molecule has 4 rings (SSSR count). The Morgan fingerprint density at radius 3 is 2.85 bits per heavy atom. The van der Waals surface area contributed by atoms with Crippen molar-refractivity contribution in [3.05, 3.63) is 41.1 Å². The highest BCUT2D eigenvalue weighted by Gasteiger charge is 2.43. The van der Waals surface area contributed by atoms with Crippen LogP contribution in [0.1, 0.15) is 13.3 Å². The number of nitrogens with zero attached hydrogens (tertiary/aromatic N) is 2. The minimum atomic E-state index is -0.764. The van der Waals surface area contributed by atoms with E-state index in [-0.39, 0.29) is 23.5 Å². The second-order valence-corrected chi connectivity index (χ2v) is 7.62. The lowest BCUT2D eigenvalue weighted by Crippen LogP contribution is -2.41. The second kappa shape index (κ2) is 6.35. The van der Waals surface area contributed by atoms with Gasteiger partial charge in [0.2, 0.25) is 11.8 Å². The number of likely N-dealkylation sites (tertiary alicyclic amines) is 1. The number of fused-ring (bicyclic) bond motifs is 3. The number of halogens is 1. The van der Waals surface area contributed by atoms with Crippen LogP contribution in [0.15, 0.2) is 35.2 Å². The summed E-state index contributed by atoms with van der Waals surface area (Å²) in [6.07, 6.45) is 0.594. The second-order valence-electron chi connectivity index (χ2n) is 6.53. The van der Waals surface area contributed by atoms with Crippen LogP contribution in [0.3, 0.4) is 0 Å². The molecule has 26 heavy (non-hydrogen) atoms. The summed E-state index contributed by atoms with van der Waals surface area (Å²) < 4.78 is 14.2. The van der Waals surface area contributed by atoms with Crippen molar-refractivity contribution in [2.75, 3.05) is 13.1 Å². The Labute approximate surface area is 153 Å². The van der Waals surface area contributed by atoms with Gasteiger partial charge in [-0.05, 0) is 41.8 Å². The van der Waals surface area contributed by atoms with Crippen LogP contribution in [0.25, 0.3) is 10.8 Å². The van der Waals surface area contributed by atoms with Crippen molar-refractivity contribution in [1.29, 1.82) is 0 Å². The molecule has 0 saturated carbocycles. The predicted molar refractivity (Wildman–Crippen MR) is 95.3 cm³/mol. The summed E-state index contributed by atoms with van der Waals surface area (Å²) in [6.45, 7) is 2.42. The highest BCUT2D eigenvalue weighted by Crippen LogP contribution is 2.45. The van der Waals surface area contributed by atoms with Crippen LogP contribution in [0.5, 0.6) is 0 Å². The Morgan fingerprint density at radius 2 is 2.12 bits per heavy atom. The molecule has 2 heterocycles. The van der Waals surface area contributed by atoms with E-state index in [1.54, 1.807) is 23.1 Å². The minimum absolute atomic E-state index is 0.0490. The molecular formula is C18H17FN3O3S+. The summed E-state index contributed by atoms with van der Waals surface area (Å²) in [7, 11) is 0. The average molecular weight is 374 g/mol. The molecule has 2 aromatic rings. The number of nitrogens with one attached hydrogen (secondary N) is 1. The van der Waals surface area contributed by atoms with Crippen LogP contribution in [0.4, 0.5) is 10.1 Å². The molecule has 2 aliphatic heterocycles. The summed E-state index contributed by atoms with van der Waals surface area (Å²) in [6, 6.07) is 7.78. The summed E-state index contributed by atoms with van der Waals surface area (Å²) in [5.74, 6) is -0.912. The van der Waals surface area contributed by atoms with Gasteiger partial charge in [-0.15, -0.1) is 0 Å². The SMILES string of the molecule is CC(=O)N1CC[C@H](C(=O)NC2Sc3c(ccc4cc(F)ccc34)[N+]2=O)C1. The first-order valence-corrected chi connectivity index (χ1v) is 9.23. The van der Waals surface area contributed by atoms with Crippen molar-refractivity contribution >= 4 is 40.0 Å². The Morgan fingerprint density at radius 1 is 1.31 bits per heavy atom. The Balaban J connectivity index is 1.52. The number of carbonyl (C=O) groups is 2. The molecular weight excluding hydrogens is 357 g/mol. The highest BCUT2D eigenvalue weighted by atomic mass is 32.2. The van der Waals surface area contributed by atoms with Gasteiger partial charge in [0, 0.05) is 36.4 Å². The molecule has 2 atom stereocenters. The van der Waals surface area contributed by atoms with Crippen LogP contribution >= 0.6 is 11.8 Å². The molecule has 6 nitrogen and oxygen atoms in total. The van der Waals surface area contributed by atoms with E-state index in [1.165, 1.54) is 30.8 Å². The van der Waals surface area contributed by atoms with Gasteiger partial charge < -0.3 is 4.90 Å². The molecule has 0 bridgehead atoms. The molecule has 0 aromatic heterocycles. The first-order valence-electron chi connectivity index (χ1n) is 8.35. The number of benzene rings is 2. The van der Waals surface area contributed by atoms with Gasteiger partial charge >= 0.3 is 5.50 Å². The van der Waals surface area contributed by atoms with Crippen LogP contribution < -0.4 is 5.32 Å². The fourth-order valence-corrected chi connectivity index (χ4v) is 4.63. The fourth-order valence-electron chi connectivity index (χ4n) is 3.43. The molecule has 1 fully saturated rings. The maximum absolute atomic E-state index is 13.4. The quantitative estimate of drug-likeness (QED) is 0.821. The summed E-state index contributed by atoms with van der Waals surface area (Å²) in [4.78, 5) is 38.9. The van der Waals surface area contributed by atoms with Gasteiger partial charge in [0.25, 0.3) is 5.69 Å². The normalized spacial score (nSPS) is 21.9. The van der Waals surface area contributed by atoms with Gasteiger partial charge in [-0.25, -0.2) is 4.39 Å². The van der Waals surface area contributed by atoms with E-state index >= 15 is 0 Å². The highest BCUT2D eigenvalue weighted by molar-refractivity contribution is 8.00. The van der Waals surface area contributed by atoms with Gasteiger partial charge in [0.1, 0.15) is 5.82 Å². The van der Waals surface area contributed by atoms with Crippen molar-refractivity contribution in [3.8, 4) is 0 Å². The molecule has 2 amide bonds. The molecule has 2 aromatic carbocycles. The van der Waals surface area contributed by atoms with Crippen molar-refractivity contribution in [2.24, 2.45) is 5.92 Å². The monoisotopic (exact) mass is 374 g/mol. The molecule has 134 valence electrons. The van der Waals surface area contributed by atoms with E-state index in [4.69, 9.17) is 0 Å². The third-order valence-electron chi connectivity index (χ3n) is 4.86. The van der Waals surface area contributed by atoms with E-state index in [2.05, 4.69) is 5.32 Å². The van der Waals surface area contributed by atoms with Crippen LogP contribution in [-0.2, 0) is 9.59 Å². The summed E-state index contributed by atoms with van der Waals surface area (Å²) in [5.41, 5.74) is -0.296. The van der Waals surface area contributed by atoms with Crippen molar-refractivity contribution in [2.45, 2.75) is 23.7 Å². The summed E-state index contributed by atoms with van der Waals surface area (Å²) in [5, 5.41) is 4.28. The molecule has 1 saturated heterocycles. The van der Waals surface area contributed by atoms with Crippen LogP contribution in [-0.4, -0.2) is 40.1 Å². The minimum Gasteiger partial charge on any atom is -0.342 e. The fraction of sp³-hybridized carbons (Fsp3) is 0.333. The van der Waals surface area contributed by atoms with Crippen LogP contribution in [0, 0.1) is 16.6 Å². The first-order chi connectivity index (χ1) is 12.4. The van der Waals surface area contributed by atoms with Crippen molar-refractivity contribution in [1.82, 2.24) is 10.2 Å². The third-order valence-corrected chi connectivity index (χ3v) is 6.06. The van der Waals surface area contributed by atoms with Gasteiger partial charge in [-0.3, -0.25) is 14.9 Å². The predicted octanol–water partition coefficient (Wildman–Crippen LogP) is 2.76. The Bertz CT molecular complexity index is 949. The van der Waals surface area contributed by atoms with Gasteiger partial charge in [0.15, 0.2) is 0 Å². The third kappa shape index (κ3) is 2.84. The van der Waals surface area contributed by atoms with E-state index in [9.17, 15) is 18.9 Å². The average Bonchev–Trinajstić information content (AvgIpc) is 3.21. The zero-order chi connectivity index (χ0) is 18.4. The van der Waals surface area contributed by atoms with Gasteiger partial charge in [-0.1, -0.05) is 6.07 Å². The van der Waals surface area contributed by atoms with E-state index in [0.29, 0.717) is 30.6 Å². The molecule has 1 unspecified atom stereocenters. The number of thioether (sulfide) groups is 1. The van der Waals surface area contributed by atoms with Gasteiger partial charge in [0.05, 0.1) is 15.6 Å². The lowest BCUT2D eigenvalue weighted by Gasteiger charge is -2.13.